The summed E-state index contributed by atoms with van der Waals surface area (Å²) in [6, 6.07) is 11.6. The van der Waals surface area contributed by atoms with Gasteiger partial charge in [0, 0.05) is 10.0 Å². The van der Waals surface area contributed by atoms with Gasteiger partial charge in [0.1, 0.15) is 0 Å². The molecule has 0 bridgehead atoms. The van der Waals surface area contributed by atoms with E-state index < -0.39 is 0 Å². The van der Waals surface area contributed by atoms with Crippen LogP contribution >= 0.6 is 15.9 Å². The molecule has 0 aliphatic carbocycles. The van der Waals surface area contributed by atoms with Crippen LogP contribution in [0.15, 0.2) is 51.6 Å². The molecule has 1 fully saturated rings. The lowest BCUT2D eigenvalue weighted by molar-refractivity contribution is -0.936. The number of hydrogen-bond donors (Lipinski definition) is 2. The molecule has 1 aliphatic rings. The molecule has 4 nitrogen and oxygen atoms in total. The minimum atomic E-state index is -0.0423. The first-order valence-electron chi connectivity index (χ1n) is 8.16. The highest BCUT2D eigenvalue weighted by atomic mass is 79.9. The van der Waals surface area contributed by atoms with Gasteiger partial charge in [-0.15, -0.1) is 0 Å². The molecule has 1 aliphatic heterocycles. The van der Waals surface area contributed by atoms with E-state index in [2.05, 4.69) is 21.2 Å². The third kappa shape index (κ3) is 4.24. The Kier molecular flexibility index (Phi) is 5.51. The number of rotatable bonds is 5. The van der Waals surface area contributed by atoms with E-state index in [-0.39, 0.29) is 11.9 Å². The van der Waals surface area contributed by atoms with Crippen molar-refractivity contribution >= 4 is 21.8 Å². The van der Waals surface area contributed by atoms with Crippen molar-refractivity contribution in [1.82, 2.24) is 5.32 Å². The molecular weight excluding hydrogens is 356 g/mol. The second-order valence-corrected chi connectivity index (χ2v) is 6.92. The molecule has 1 atom stereocenters. The molecule has 1 saturated heterocycles. The van der Waals surface area contributed by atoms with Crippen LogP contribution in [0.1, 0.15) is 41.4 Å². The fourth-order valence-electron chi connectivity index (χ4n) is 3.22. The van der Waals surface area contributed by atoms with Crippen LogP contribution in [0.2, 0.25) is 0 Å². The van der Waals surface area contributed by atoms with Crippen molar-refractivity contribution in [2.24, 2.45) is 0 Å². The summed E-state index contributed by atoms with van der Waals surface area (Å²) in [5, 5.41) is 3.07. The zero-order chi connectivity index (χ0) is 16.1. The maximum Gasteiger partial charge on any atom is 0.251 e. The first-order chi connectivity index (χ1) is 11.2. The first-order valence-corrected chi connectivity index (χ1v) is 8.95. The van der Waals surface area contributed by atoms with Crippen LogP contribution in [0.3, 0.4) is 0 Å². The fourth-order valence-corrected chi connectivity index (χ4v) is 3.62. The molecular formula is C18H22BrN2O2+. The topological polar surface area (TPSA) is 46.7 Å². The van der Waals surface area contributed by atoms with Gasteiger partial charge in [0.05, 0.1) is 25.9 Å². The molecule has 1 aromatic heterocycles. The van der Waals surface area contributed by atoms with Gasteiger partial charge < -0.3 is 14.6 Å². The second-order valence-electron chi connectivity index (χ2n) is 6.01. The molecule has 5 heteroatoms. The van der Waals surface area contributed by atoms with Gasteiger partial charge in [-0.1, -0.05) is 22.0 Å². The number of halogens is 1. The minimum absolute atomic E-state index is 0.0423. The molecule has 3 rings (SSSR count). The third-order valence-electron chi connectivity index (χ3n) is 4.43. The summed E-state index contributed by atoms with van der Waals surface area (Å²) < 4.78 is 6.54. The van der Waals surface area contributed by atoms with Gasteiger partial charge in [0.25, 0.3) is 5.91 Å². The van der Waals surface area contributed by atoms with Crippen LogP contribution in [-0.2, 0) is 0 Å². The number of quaternary nitrogens is 1. The van der Waals surface area contributed by atoms with Crippen LogP contribution in [0.5, 0.6) is 0 Å². The van der Waals surface area contributed by atoms with Gasteiger partial charge in [-0.25, -0.2) is 0 Å². The Labute approximate surface area is 145 Å². The molecule has 0 spiro atoms. The Morgan fingerprint density at radius 1 is 1.22 bits per heavy atom. The average Bonchev–Trinajstić information content (AvgIpc) is 3.10. The minimum Gasteiger partial charge on any atom is -0.463 e. The molecule has 2 aromatic rings. The molecule has 23 heavy (non-hydrogen) atoms. The predicted octanol–water partition coefficient (Wildman–Crippen LogP) is 2.58. The standard InChI is InChI=1S/C18H21BrN2O2/c19-15-7-4-6-14(12-15)18(22)20-13-16(17-8-5-11-23-17)21-9-2-1-3-10-21/h4-8,11-12,16H,1-3,9-10,13H2,(H,20,22)/p+1/t16-/m0/s1. The van der Waals surface area contributed by atoms with Crippen LogP contribution in [-0.4, -0.2) is 25.5 Å². The molecule has 0 saturated carbocycles. The van der Waals surface area contributed by atoms with Crippen LogP contribution in [0.25, 0.3) is 0 Å². The zero-order valence-electron chi connectivity index (χ0n) is 13.1. The van der Waals surface area contributed by atoms with Gasteiger partial charge in [-0.3, -0.25) is 4.79 Å². The number of benzene rings is 1. The molecule has 0 unspecified atom stereocenters. The van der Waals surface area contributed by atoms with Gasteiger partial charge >= 0.3 is 0 Å². The molecule has 2 heterocycles. The maximum absolute atomic E-state index is 12.4. The summed E-state index contributed by atoms with van der Waals surface area (Å²) in [6.45, 7) is 2.87. The summed E-state index contributed by atoms with van der Waals surface area (Å²) in [6.07, 6.45) is 5.50. The van der Waals surface area contributed by atoms with Gasteiger partial charge in [0.15, 0.2) is 11.8 Å². The molecule has 1 aromatic carbocycles. The normalized spacial score (nSPS) is 16.9. The highest BCUT2D eigenvalue weighted by molar-refractivity contribution is 9.10. The lowest BCUT2D eigenvalue weighted by Gasteiger charge is -2.30. The van der Waals surface area contributed by atoms with Crippen molar-refractivity contribution in [1.29, 1.82) is 0 Å². The summed E-state index contributed by atoms with van der Waals surface area (Å²) in [7, 11) is 0. The number of carbonyl (C=O) groups excluding carboxylic acids is 1. The van der Waals surface area contributed by atoms with E-state index in [4.69, 9.17) is 4.42 Å². The highest BCUT2D eigenvalue weighted by Gasteiger charge is 2.28. The molecule has 0 radical (unpaired) electrons. The number of carbonyl (C=O) groups is 1. The van der Waals surface area contributed by atoms with Gasteiger partial charge in [-0.2, -0.15) is 0 Å². The first kappa shape index (κ1) is 16.3. The Bertz CT molecular complexity index is 636. The van der Waals surface area contributed by atoms with Gasteiger partial charge in [0.2, 0.25) is 0 Å². The lowest BCUT2D eigenvalue weighted by atomic mass is 10.1. The van der Waals surface area contributed by atoms with Crippen LogP contribution in [0, 0.1) is 0 Å². The lowest BCUT2D eigenvalue weighted by Crippen LogP contribution is -3.13. The predicted molar refractivity (Wildman–Crippen MR) is 92.5 cm³/mol. The Morgan fingerprint density at radius 2 is 2.04 bits per heavy atom. The largest absolute Gasteiger partial charge is 0.463 e. The van der Waals surface area contributed by atoms with E-state index in [1.165, 1.54) is 24.2 Å². The summed E-state index contributed by atoms with van der Waals surface area (Å²) in [4.78, 5) is 13.9. The second kappa shape index (κ2) is 7.79. The highest BCUT2D eigenvalue weighted by Crippen LogP contribution is 2.13. The van der Waals surface area contributed by atoms with E-state index in [9.17, 15) is 4.79 Å². The maximum atomic E-state index is 12.4. The zero-order valence-corrected chi connectivity index (χ0v) is 14.6. The van der Waals surface area contributed by atoms with Crippen molar-refractivity contribution in [2.75, 3.05) is 19.6 Å². The van der Waals surface area contributed by atoms with Crippen molar-refractivity contribution in [2.45, 2.75) is 25.3 Å². The monoisotopic (exact) mass is 377 g/mol. The number of piperidine rings is 1. The third-order valence-corrected chi connectivity index (χ3v) is 4.92. The summed E-state index contributed by atoms with van der Waals surface area (Å²) in [5.74, 6) is 0.913. The van der Waals surface area contributed by atoms with E-state index in [1.807, 2.05) is 36.4 Å². The van der Waals surface area contributed by atoms with Crippen molar-refractivity contribution < 1.29 is 14.1 Å². The summed E-state index contributed by atoms with van der Waals surface area (Å²) >= 11 is 3.41. The van der Waals surface area contributed by atoms with E-state index in [1.54, 1.807) is 6.26 Å². The number of likely N-dealkylation sites (tertiary alicyclic amines) is 1. The van der Waals surface area contributed by atoms with Crippen molar-refractivity contribution in [3.63, 3.8) is 0 Å². The average molecular weight is 378 g/mol. The molecule has 2 N–H and O–H groups in total. The fraction of sp³-hybridized carbons (Fsp3) is 0.389. The smallest absolute Gasteiger partial charge is 0.251 e. The number of hydrogen-bond acceptors (Lipinski definition) is 2. The van der Waals surface area contributed by atoms with Crippen LogP contribution < -0.4 is 10.2 Å². The van der Waals surface area contributed by atoms with Crippen molar-refractivity contribution in [3.05, 3.63) is 58.5 Å². The SMILES string of the molecule is O=C(NC[C@@H](c1ccco1)[NH+]1CCCCC1)c1cccc(Br)c1. The van der Waals surface area contributed by atoms with Crippen molar-refractivity contribution in [3.8, 4) is 0 Å². The Hall–Kier alpha value is -1.59. The Balaban J connectivity index is 1.67. The summed E-state index contributed by atoms with van der Waals surface area (Å²) in [5.41, 5.74) is 0.672. The quantitative estimate of drug-likeness (QED) is 0.840. The molecule has 1 amide bonds. The number of nitrogens with one attached hydrogen (secondary N) is 2. The Morgan fingerprint density at radius 3 is 2.74 bits per heavy atom. The number of amides is 1. The van der Waals surface area contributed by atoms with E-state index in [0.717, 1.165) is 23.3 Å². The molecule has 122 valence electrons. The van der Waals surface area contributed by atoms with E-state index in [0.29, 0.717) is 12.1 Å². The van der Waals surface area contributed by atoms with Crippen LogP contribution in [0.4, 0.5) is 0 Å². The van der Waals surface area contributed by atoms with E-state index >= 15 is 0 Å². The number of furan rings is 1. The van der Waals surface area contributed by atoms with Gasteiger partial charge in [-0.05, 0) is 49.6 Å².